The van der Waals surface area contributed by atoms with Crippen molar-refractivity contribution in [2.45, 2.75) is 51.3 Å². The smallest absolute Gasteiger partial charge is 0.272 e. The predicted octanol–water partition coefficient (Wildman–Crippen LogP) is 3.94. The molecular formula is C40H48N8O7. The summed E-state index contributed by atoms with van der Waals surface area (Å²) in [6, 6.07) is 8.46. The van der Waals surface area contributed by atoms with Crippen LogP contribution in [0.2, 0.25) is 0 Å². The van der Waals surface area contributed by atoms with Crippen LogP contribution in [0.5, 0.6) is 5.75 Å². The number of nitrogens with zero attached hydrogens (tertiary/aromatic N) is 5. The lowest BCUT2D eigenvalue weighted by Gasteiger charge is -2.20. The average molecular weight is 753 g/mol. The number of Topliss-reactive ketones (excluding diaryl/α,β-unsaturated/α-hetero) is 1. The Bertz CT molecular complexity index is 2160. The van der Waals surface area contributed by atoms with Crippen LogP contribution in [-0.2, 0) is 32.4 Å². The number of hydrogen-bond acceptors (Lipinski definition) is 9. The normalized spacial score (nSPS) is 15.5. The Morgan fingerprint density at radius 2 is 1.73 bits per heavy atom. The summed E-state index contributed by atoms with van der Waals surface area (Å²) >= 11 is 0. The molecule has 290 valence electrons. The van der Waals surface area contributed by atoms with Gasteiger partial charge in [-0.05, 0) is 61.6 Å². The minimum Gasteiger partial charge on any atom is -0.493 e. The number of amides is 3. The van der Waals surface area contributed by atoms with Crippen LogP contribution in [-0.4, -0.2) is 90.9 Å². The summed E-state index contributed by atoms with van der Waals surface area (Å²) in [7, 11) is 5.21. The first-order valence-corrected chi connectivity index (χ1v) is 18.2. The van der Waals surface area contributed by atoms with Crippen LogP contribution in [0.25, 0.3) is 0 Å². The molecule has 1 saturated heterocycles. The van der Waals surface area contributed by atoms with E-state index >= 15 is 0 Å². The minimum atomic E-state index is -0.964. The van der Waals surface area contributed by atoms with Crippen molar-refractivity contribution in [2.75, 3.05) is 36.9 Å². The van der Waals surface area contributed by atoms with E-state index in [4.69, 9.17) is 9.84 Å². The fourth-order valence-electron chi connectivity index (χ4n) is 6.94. The number of carbonyl (C=O) groups excluding carboxylic acids is 4. The molecule has 0 bridgehead atoms. The van der Waals surface area contributed by atoms with E-state index in [1.807, 2.05) is 6.92 Å². The van der Waals surface area contributed by atoms with E-state index in [1.54, 1.807) is 94.9 Å². The first-order valence-electron chi connectivity index (χ1n) is 18.2. The number of carbonyl (C=O) groups is 4. The Morgan fingerprint density at radius 3 is 2.51 bits per heavy atom. The molecule has 3 aromatic heterocycles. The molecule has 3 amide bonds. The molecule has 0 saturated carbocycles. The van der Waals surface area contributed by atoms with Gasteiger partial charge in [-0.25, -0.2) is 0 Å². The van der Waals surface area contributed by atoms with E-state index in [0.717, 1.165) is 11.1 Å². The summed E-state index contributed by atoms with van der Waals surface area (Å²) in [6.45, 7) is 7.16. The second-order valence-electron chi connectivity index (χ2n) is 14.2. The van der Waals surface area contributed by atoms with Crippen LogP contribution in [0, 0.1) is 6.92 Å². The fraction of sp³-hybridized carbons (Fsp3) is 0.375. The maximum atomic E-state index is 13.3. The van der Waals surface area contributed by atoms with E-state index < -0.39 is 6.23 Å². The van der Waals surface area contributed by atoms with Gasteiger partial charge in [-0.15, -0.1) is 0 Å². The minimum absolute atomic E-state index is 0.0133. The zero-order valence-electron chi connectivity index (χ0n) is 31.6. The van der Waals surface area contributed by atoms with E-state index in [-0.39, 0.29) is 55.6 Å². The second kappa shape index (κ2) is 16.7. The van der Waals surface area contributed by atoms with Crippen molar-refractivity contribution in [1.82, 2.24) is 23.9 Å². The number of ether oxygens (including phenoxy) is 1. The Balaban J connectivity index is 0.981. The van der Waals surface area contributed by atoms with E-state index in [0.29, 0.717) is 83.4 Å². The van der Waals surface area contributed by atoms with Crippen molar-refractivity contribution in [3.8, 4) is 5.75 Å². The van der Waals surface area contributed by atoms with Gasteiger partial charge in [-0.2, -0.15) is 0 Å². The number of aliphatic hydroxyl groups is 2. The number of nitrogens with one attached hydrogen (secondary N) is 3. The number of hydrogen-bond donors (Lipinski definition) is 5. The second-order valence-corrected chi connectivity index (χ2v) is 14.2. The first-order chi connectivity index (χ1) is 26.3. The summed E-state index contributed by atoms with van der Waals surface area (Å²) in [5, 5.41) is 28.0. The van der Waals surface area contributed by atoms with Crippen LogP contribution in [0.15, 0.2) is 66.1 Å². The van der Waals surface area contributed by atoms with Gasteiger partial charge in [0, 0.05) is 84.6 Å². The molecule has 15 nitrogen and oxygen atoms in total. The molecule has 55 heavy (non-hydrogen) atoms. The summed E-state index contributed by atoms with van der Waals surface area (Å²) in [5.41, 5.74) is 5.87. The monoisotopic (exact) mass is 752 g/mol. The largest absolute Gasteiger partial charge is 0.493 e. The van der Waals surface area contributed by atoms with Crippen molar-refractivity contribution < 1.29 is 34.1 Å². The van der Waals surface area contributed by atoms with Crippen molar-refractivity contribution >= 4 is 46.8 Å². The predicted molar refractivity (Wildman–Crippen MR) is 208 cm³/mol. The van der Waals surface area contributed by atoms with Crippen molar-refractivity contribution in [1.29, 1.82) is 0 Å². The maximum Gasteiger partial charge on any atom is 0.272 e. The Morgan fingerprint density at radius 1 is 0.982 bits per heavy atom. The maximum absolute atomic E-state index is 13.3. The molecule has 2 atom stereocenters. The molecule has 0 aliphatic carbocycles. The lowest BCUT2D eigenvalue weighted by Crippen LogP contribution is -2.35. The zero-order chi connectivity index (χ0) is 39.4. The average Bonchev–Trinajstić information content (AvgIpc) is 3.89. The fourth-order valence-corrected chi connectivity index (χ4v) is 6.94. The molecular weight excluding hydrogens is 704 g/mol. The van der Waals surface area contributed by atoms with Gasteiger partial charge in [0.2, 0.25) is 5.91 Å². The zero-order valence-corrected chi connectivity index (χ0v) is 31.6. The SMILES string of the molecule is C=C1C[C@@H]2C=Nc3cc(OCCCC(=O)Nc4cc(C(=O)Cc5cc(C(=O)Nc6cc(C(O)NCCCO)n(C)c6)n(C)c5)n(C)c4)c(C)cc3C(=O)N2C1. The molecule has 2 aliphatic heterocycles. The van der Waals surface area contributed by atoms with Crippen LogP contribution < -0.4 is 20.7 Å². The molecule has 1 fully saturated rings. The number of fused-ring (bicyclic) bond motifs is 2. The number of ketones is 1. The topological polar surface area (TPSA) is 184 Å². The number of anilines is 2. The molecule has 2 aliphatic rings. The summed E-state index contributed by atoms with van der Waals surface area (Å²) in [5.74, 6) is -0.234. The number of benzene rings is 1. The highest BCUT2D eigenvalue weighted by atomic mass is 16.5. The molecule has 0 spiro atoms. The summed E-state index contributed by atoms with van der Waals surface area (Å²) in [6.07, 6.45) is 7.83. The lowest BCUT2D eigenvalue weighted by atomic mass is 10.1. The number of aliphatic imine (C=N–C) groups is 1. The van der Waals surface area contributed by atoms with Gasteiger partial charge in [-0.3, -0.25) is 29.5 Å². The number of rotatable bonds is 16. The number of aryl methyl sites for hydroxylation is 4. The van der Waals surface area contributed by atoms with Gasteiger partial charge >= 0.3 is 0 Å². The van der Waals surface area contributed by atoms with E-state index in [2.05, 4.69) is 27.5 Å². The number of aromatic nitrogens is 3. The molecule has 6 rings (SSSR count). The van der Waals surface area contributed by atoms with E-state index in [9.17, 15) is 24.3 Å². The summed E-state index contributed by atoms with van der Waals surface area (Å²) in [4.78, 5) is 58.8. The van der Waals surface area contributed by atoms with Gasteiger partial charge in [0.1, 0.15) is 17.7 Å². The van der Waals surface area contributed by atoms with Gasteiger partial charge in [0.25, 0.3) is 11.8 Å². The molecule has 1 unspecified atom stereocenters. The molecule has 1 aromatic carbocycles. The van der Waals surface area contributed by atoms with Crippen LogP contribution >= 0.6 is 0 Å². The Kier molecular flexibility index (Phi) is 11.8. The molecule has 5 N–H and O–H groups in total. The third-order valence-electron chi connectivity index (χ3n) is 9.76. The molecule has 15 heteroatoms. The third-order valence-corrected chi connectivity index (χ3v) is 9.76. The van der Waals surface area contributed by atoms with Crippen molar-refractivity contribution in [3.05, 3.63) is 94.8 Å². The van der Waals surface area contributed by atoms with Crippen molar-refractivity contribution in [3.63, 3.8) is 0 Å². The standard InChI is InChI=1S/C40H48N8O7/c1-24-12-29-19-42-31-18-36(25(2)13-30(31)40(54)48(29)20-24)55-11-6-8-37(51)43-27-16-32(46(4)22-27)35(50)15-26-14-33(45(3)21-26)39(53)44-28-17-34(47(5)23-28)38(52)41-9-7-10-49/h13-14,16-19,21-23,29,38,41,49,52H,1,6-12,15,20H2,2-5H3,(H,43,51)(H,44,53)/t29-,38?/m1/s1. The van der Waals surface area contributed by atoms with Gasteiger partial charge in [0.15, 0.2) is 5.78 Å². The van der Waals surface area contributed by atoms with Gasteiger partial charge < -0.3 is 44.2 Å². The van der Waals surface area contributed by atoms with Crippen LogP contribution in [0.4, 0.5) is 17.1 Å². The first kappa shape index (κ1) is 38.9. The third kappa shape index (κ3) is 8.96. The van der Waals surface area contributed by atoms with Crippen LogP contribution in [0.3, 0.4) is 0 Å². The van der Waals surface area contributed by atoms with Gasteiger partial charge in [0.05, 0.1) is 46.7 Å². The van der Waals surface area contributed by atoms with Crippen molar-refractivity contribution in [2.24, 2.45) is 26.1 Å². The number of aliphatic hydroxyl groups excluding tert-OH is 2. The Hall–Kier alpha value is -5.77. The van der Waals surface area contributed by atoms with Gasteiger partial charge in [-0.1, -0.05) is 12.2 Å². The van der Waals surface area contributed by atoms with E-state index in [1.165, 1.54) is 0 Å². The highest BCUT2D eigenvalue weighted by Gasteiger charge is 2.34. The molecule has 0 radical (unpaired) electrons. The summed E-state index contributed by atoms with van der Waals surface area (Å²) < 4.78 is 11.0. The van der Waals surface area contributed by atoms with Crippen LogP contribution in [0.1, 0.15) is 80.1 Å². The quantitative estimate of drug-likeness (QED) is 0.0494. The highest BCUT2D eigenvalue weighted by molar-refractivity contribution is 6.05. The lowest BCUT2D eigenvalue weighted by molar-refractivity contribution is -0.116. The molecule has 4 aromatic rings. The molecule has 5 heterocycles. The Labute approximate surface area is 319 Å². The highest BCUT2D eigenvalue weighted by Crippen LogP contribution is 2.35.